The van der Waals surface area contributed by atoms with E-state index in [0.29, 0.717) is 5.52 Å². The first-order valence-corrected chi connectivity index (χ1v) is 4.47. The molecule has 2 aromatic rings. The van der Waals surface area contributed by atoms with Crippen molar-refractivity contribution in [1.29, 1.82) is 0 Å². The van der Waals surface area contributed by atoms with Crippen molar-refractivity contribution < 1.29 is 0 Å². The van der Waals surface area contributed by atoms with Crippen molar-refractivity contribution in [2.45, 2.75) is 6.04 Å². The second-order valence-electron chi connectivity index (χ2n) is 3.55. The van der Waals surface area contributed by atoms with Crippen molar-refractivity contribution in [2.75, 3.05) is 7.05 Å². The lowest BCUT2D eigenvalue weighted by Gasteiger charge is -2.13. The molecule has 0 amide bonds. The second kappa shape index (κ2) is 2.42. The highest BCUT2D eigenvalue weighted by Crippen LogP contribution is 2.22. The molecule has 0 fully saturated rings. The molecule has 4 nitrogen and oxygen atoms in total. The quantitative estimate of drug-likeness (QED) is 0.705. The van der Waals surface area contributed by atoms with E-state index in [2.05, 4.69) is 10.4 Å². The topological polar surface area (TPSA) is 45.2 Å². The van der Waals surface area contributed by atoms with Gasteiger partial charge in [-0.15, -0.1) is 0 Å². The SMILES string of the molecule is CN1C=CC(c2cnc3c(=O)c3c2)N1. The van der Waals surface area contributed by atoms with Crippen LogP contribution in [0, 0.1) is 0 Å². The fourth-order valence-corrected chi connectivity index (χ4v) is 1.66. The molecule has 1 atom stereocenters. The lowest BCUT2D eigenvalue weighted by Crippen LogP contribution is -2.26. The zero-order chi connectivity index (χ0) is 9.71. The van der Waals surface area contributed by atoms with Gasteiger partial charge in [0.15, 0.2) is 0 Å². The molecule has 1 aliphatic heterocycles. The third kappa shape index (κ3) is 0.975. The van der Waals surface area contributed by atoms with Gasteiger partial charge in [-0.3, -0.25) is 9.78 Å². The number of hydrogen-bond donors (Lipinski definition) is 1. The number of nitrogens with one attached hydrogen (secondary N) is 1. The Morgan fingerprint density at radius 1 is 1.57 bits per heavy atom. The summed E-state index contributed by atoms with van der Waals surface area (Å²) >= 11 is 0. The molecule has 2 heterocycles. The Balaban J connectivity index is 1.98. The molecule has 14 heavy (non-hydrogen) atoms. The van der Waals surface area contributed by atoms with Gasteiger partial charge in [-0.05, 0) is 17.7 Å². The summed E-state index contributed by atoms with van der Waals surface area (Å²) in [6.07, 6.45) is 5.75. The Bertz CT molecular complexity index is 536. The van der Waals surface area contributed by atoms with Gasteiger partial charge in [0, 0.05) is 19.4 Å². The van der Waals surface area contributed by atoms with E-state index in [0.717, 1.165) is 10.9 Å². The maximum Gasteiger partial charge on any atom is 0.214 e. The Kier molecular flexibility index (Phi) is 1.33. The third-order valence-electron chi connectivity index (χ3n) is 2.51. The zero-order valence-electron chi connectivity index (χ0n) is 7.69. The van der Waals surface area contributed by atoms with Crippen LogP contribution in [0.3, 0.4) is 0 Å². The van der Waals surface area contributed by atoms with Crippen molar-refractivity contribution >= 4 is 10.9 Å². The zero-order valence-corrected chi connectivity index (χ0v) is 7.69. The van der Waals surface area contributed by atoms with Gasteiger partial charge in [0.2, 0.25) is 5.43 Å². The molecule has 4 heteroatoms. The summed E-state index contributed by atoms with van der Waals surface area (Å²) in [5, 5.41) is 2.66. The number of hydrogen-bond acceptors (Lipinski definition) is 4. The van der Waals surface area contributed by atoms with E-state index in [4.69, 9.17) is 0 Å². The normalized spacial score (nSPS) is 21.5. The molecule has 0 spiro atoms. The highest BCUT2D eigenvalue weighted by molar-refractivity contribution is 5.93. The number of fused-ring (bicyclic) bond motifs is 1. The van der Waals surface area contributed by atoms with Gasteiger partial charge in [-0.1, -0.05) is 0 Å². The molecule has 1 aromatic carbocycles. The van der Waals surface area contributed by atoms with Crippen molar-refractivity contribution in [1.82, 2.24) is 15.4 Å². The summed E-state index contributed by atoms with van der Waals surface area (Å²) in [4.78, 5) is 15.1. The summed E-state index contributed by atoms with van der Waals surface area (Å²) in [5.74, 6) is 0. The average molecular weight is 187 g/mol. The summed E-state index contributed by atoms with van der Waals surface area (Å²) < 4.78 is 0. The molecule has 0 saturated carbocycles. The Hall–Kier alpha value is -1.68. The van der Waals surface area contributed by atoms with Gasteiger partial charge in [-0.2, -0.15) is 0 Å². The van der Waals surface area contributed by atoms with Crippen LogP contribution < -0.4 is 10.9 Å². The van der Waals surface area contributed by atoms with E-state index < -0.39 is 0 Å². The van der Waals surface area contributed by atoms with Crippen LogP contribution in [0.25, 0.3) is 10.9 Å². The monoisotopic (exact) mass is 187 g/mol. The fourth-order valence-electron chi connectivity index (χ4n) is 1.66. The van der Waals surface area contributed by atoms with Crippen LogP contribution >= 0.6 is 0 Å². The molecule has 70 valence electrons. The highest BCUT2D eigenvalue weighted by atomic mass is 16.1. The minimum absolute atomic E-state index is 0.0894. The summed E-state index contributed by atoms with van der Waals surface area (Å²) in [7, 11) is 1.93. The Morgan fingerprint density at radius 2 is 2.43 bits per heavy atom. The Morgan fingerprint density at radius 3 is 3.07 bits per heavy atom. The molecular weight excluding hydrogens is 178 g/mol. The molecule has 0 aliphatic carbocycles. The van der Waals surface area contributed by atoms with E-state index in [1.165, 1.54) is 0 Å². The smallest absolute Gasteiger partial charge is 0.214 e. The van der Waals surface area contributed by atoms with Crippen LogP contribution in [-0.2, 0) is 0 Å². The van der Waals surface area contributed by atoms with Crippen molar-refractivity contribution in [3.63, 3.8) is 0 Å². The standard InChI is InChI=1S/C10H9N3O/c1-13-3-2-8(12-13)6-4-7-9(10(7)14)11-5-6/h2-5,8,12H,1H3. The van der Waals surface area contributed by atoms with Crippen molar-refractivity contribution in [3.05, 3.63) is 40.3 Å². The van der Waals surface area contributed by atoms with E-state index in [1.807, 2.05) is 30.4 Å². The molecule has 1 aliphatic rings. The van der Waals surface area contributed by atoms with Gasteiger partial charge in [0.05, 0.1) is 11.4 Å². The number of pyridine rings is 1. The summed E-state index contributed by atoms with van der Waals surface area (Å²) in [6.45, 7) is 0. The number of rotatable bonds is 1. The van der Waals surface area contributed by atoms with Gasteiger partial charge in [-0.25, -0.2) is 5.43 Å². The van der Waals surface area contributed by atoms with Gasteiger partial charge in [0.25, 0.3) is 0 Å². The molecule has 1 unspecified atom stereocenters. The van der Waals surface area contributed by atoms with Gasteiger partial charge in [0.1, 0.15) is 5.52 Å². The summed E-state index contributed by atoms with van der Waals surface area (Å²) in [5.41, 5.74) is 4.96. The predicted molar refractivity (Wildman–Crippen MR) is 53.2 cm³/mol. The lowest BCUT2D eigenvalue weighted by molar-refractivity contribution is 0.333. The first-order valence-electron chi connectivity index (χ1n) is 4.47. The molecule has 0 saturated heterocycles. The first-order chi connectivity index (χ1) is 6.75. The van der Waals surface area contributed by atoms with Crippen LogP contribution in [0.4, 0.5) is 0 Å². The maximum absolute atomic E-state index is 11.1. The first kappa shape index (κ1) is 7.70. The average Bonchev–Trinajstić information content (AvgIpc) is 2.64. The van der Waals surface area contributed by atoms with E-state index in [9.17, 15) is 4.79 Å². The maximum atomic E-state index is 11.1. The Labute approximate surface area is 80.5 Å². The molecule has 3 rings (SSSR count). The molecule has 1 N–H and O–H groups in total. The van der Waals surface area contributed by atoms with Crippen LogP contribution in [0.5, 0.6) is 0 Å². The van der Waals surface area contributed by atoms with Crippen LogP contribution in [-0.4, -0.2) is 17.0 Å². The molecule has 0 radical (unpaired) electrons. The van der Waals surface area contributed by atoms with E-state index >= 15 is 0 Å². The number of hydrazine groups is 1. The number of nitrogens with zero attached hydrogens (tertiary/aromatic N) is 2. The minimum Gasteiger partial charge on any atom is -0.318 e. The second-order valence-corrected chi connectivity index (χ2v) is 3.55. The number of aromatic nitrogens is 1. The van der Waals surface area contributed by atoms with Crippen LogP contribution in [0.2, 0.25) is 0 Å². The third-order valence-corrected chi connectivity index (χ3v) is 2.51. The van der Waals surface area contributed by atoms with Gasteiger partial charge < -0.3 is 5.01 Å². The molecular formula is C10H9N3O. The largest absolute Gasteiger partial charge is 0.318 e. The molecule has 1 aromatic heterocycles. The van der Waals surface area contributed by atoms with E-state index in [1.54, 1.807) is 6.20 Å². The van der Waals surface area contributed by atoms with Crippen LogP contribution in [0.15, 0.2) is 29.3 Å². The summed E-state index contributed by atoms with van der Waals surface area (Å²) in [6, 6.07) is 2.05. The predicted octanol–water partition coefficient (Wildman–Crippen LogP) is 0.475. The lowest BCUT2D eigenvalue weighted by atomic mass is 10.1. The fraction of sp³-hybridized carbons (Fsp3) is 0.200. The van der Waals surface area contributed by atoms with Crippen molar-refractivity contribution in [2.24, 2.45) is 0 Å². The van der Waals surface area contributed by atoms with Crippen molar-refractivity contribution in [3.8, 4) is 0 Å². The van der Waals surface area contributed by atoms with Crippen LogP contribution in [0.1, 0.15) is 11.6 Å². The van der Waals surface area contributed by atoms with E-state index in [-0.39, 0.29) is 11.5 Å². The van der Waals surface area contributed by atoms with Gasteiger partial charge >= 0.3 is 0 Å². The molecule has 0 bridgehead atoms. The highest BCUT2D eigenvalue weighted by Gasteiger charge is 2.19. The minimum atomic E-state index is 0.0894.